The summed E-state index contributed by atoms with van der Waals surface area (Å²) in [5, 5.41) is 2.78. The number of rotatable bonds is 2. The van der Waals surface area contributed by atoms with Gasteiger partial charge in [-0.2, -0.15) is 13.2 Å². The van der Waals surface area contributed by atoms with Gasteiger partial charge in [0.05, 0.1) is 0 Å². The van der Waals surface area contributed by atoms with E-state index in [1.807, 2.05) is 52.0 Å². The minimum absolute atomic E-state index is 0.0773. The number of amides is 2. The number of anilines is 1. The van der Waals surface area contributed by atoms with Crippen LogP contribution in [0.1, 0.15) is 58.9 Å². The molecule has 1 aromatic rings. The van der Waals surface area contributed by atoms with Crippen molar-refractivity contribution in [3.05, 3.63) is 53.1 Å². The van der Waals surface area contributed by atoms with Gasteiger partial charge >= 0.3 is 6.18 Å². The topological polar surface area (TPSA) is 49.4 Å². The minimum Gasteiger partial charge on any atom is -0.338 e. The van der Waals surface area contributed by atoms with Crippen LogP contribution in [0.25, 0.3) is 0 Å². The lowest BCUT2D eigenvalue weighted by molar-refractivity contribution is -0.135. The number of fused-ring (bicyclic) bond motifs is 3. The Morgan fingerprint density at radius 1 is 1.15 bits per heavy atom. The highest BCUT2D eigenvalue weighted by molar-refractivity contribution is 6.05. The predicted molar refractivity (Wildman–Crippen MR) is 126 cm³/mol. The number of halogens is 3. The molecule has 7 heteroatoms. The van der Waals surface area contributed by atoms with Gasteiger partial charge in [-0.1, -0.05) is 45.9 Å². The number of carbonyl (C=O) groups excluding carboxylic acids is 2. The Morgan fingerprint density at radius 2 is 1.85 bits per heavy atom. The fraction of sp³-hybridized carbons (Fsp3) is 0.556. The number of carbonyl (C=O) groups is 2. The van der Waals surface area contributed by atoms with Gasteiger partial charge in [0.2, 0.25) is 5.91 Å². The molecule has 1 N–H and O–H groups in total. The summed E-state index contributed by atoms with van der Waals surface area (Å²) in [7, 11) is 1.75. The van der Waals surface area contributed by atoms with E-state index in [4.69, 9.17) is 0 Å². The van der Waals surface area contributed by atoms with E-state index in [-0.39, 0.29) is 35.3 Å². The third kappa shape index (κ3) is 4.18. The largest absolute Gasteiger partial charge is 0.413 e. The van der Waals surface area contributed by atoms with Crippen molar-refractivity contribution in [2.24, 2.45) is 17.3 Å². The molecular formula is C27H33F3N2O2. The maximum absolute atomic E-state index is 14.1. The van der Waals surface area contributed by atoms with E-state index in [1.54, 1.807) is 18.0 Å². The van der Waals surface area contributed by atoms with E-state index in [9.17, 15) is 22.8 Å². The molecule has 4 atom stereocenters. The van der Waals surface area contributed by atoms with Crippen LogP contribution in [0.15, 0.2) is 47.6 Å². The van der Waals surface area contributed by atoms with Crippen LogP contribution in [0.4, 0.5) is 18.9 Å². The van der Waals surface area contributed by atoms with Crippen LogP contribution in [0, 0.1) is 17.3 Å². The maximum Gasteiger partial charge on any atom is 0.413 e. The average molecular weight is 475 g/mol. The zero-order valence-electron chi connectivity index (χ0n) is 20.4. The molecule has 0 bridgehead atoms. The number of alkyl halides is 3. The molecule has 2 amide bonds. The third-order valence-electron chi connectivity index (χ3n) is 8.13. The maximum atomic E-state index is 14.1. The summed E-state index contributed by atoms with van der Waals surface area (Å²) in [5.74, 6) is -1.41. The highest BCUT2D eigenvalue weighted by atomic mass is 19.4. The first-order valence-corrected chi connectivity index (χ1v) is 11.9. The number of likely N-dealkylation sites (N-methyl/N-ethyl adjacent to an activating group) is 1. The lowest BCUT2D eigenvalue weighted by Crippen LogP contribution is -2.57. The Balaban J connectivity index is 1.72. The number of hydrogen-bond donors (Lipinski definition) is 1. The monoisotopic (exact) mass is 474 g/mol. The number of hydrogen-bond acceptors (Lipinski definition) is 2. The van der Waals surface area contributed by atoms with E-state index >= 15 is 0 Å². The molecule has 1 heterocycles. The molecule has 2 aliphatic carbocycles. The van der Waals surface area contributed by atoms with Crippen molar-refractivity contribution in [3.8, 4) is 0 Å². The summed E-state index contributed by atoms with van der Waals surface area (Å²) < 4.78 is 42.3. The first-order valence-electron chi connectivity index (χ1n) is 11.9. The first-order chi connectivity index (χ1) is 15.7. The van der Waals surface area contributed by atoms with Crippen LogP contribution in [-0.4, -0.2) is 36.0 Å². The van der Waals surface area contributed by atoms with Gasteiger partial charge in [0, 0.05) is 35.3 Å². The van der Waals surface area contributed by atoms with Crippen LogP contribution in [0.2, 0.25) is 0 Å². The molecule has 0 saturated heterocycles. The predicted octanol–water partition coefficient (Wildman–Crippen LogP) is 6.00. The normalized spacial score (nSPS) is 29.6. The molecule has 1 saturated carbocycles. The van der Waals surface area contributed by atoms with Crippen molar-refractivity contribution in [1.29, 1.82) is 0 Å². The summed E-state index contributed by atoms with van der Waals surface area (Å²) in [6, 6.07) is 7.22. The van der Waals surface area contributed by atoms with Crippen molar-refractivity contribution in [2.45, 2.75) is 71.0 Å². The van der Waals surface area contributed by atoms with Crippen molar-refractivity contribution in [1.82, 2.24) is 4.90 Å². The average Bonchev–Trinajstić information content (AvgIpc) is 2.74. The van der Waals surface area contributed by atoms with Crippen LogP contribution >= 0.6 is 0 Å². The molecule has 184 valence electrons. The van der Waals surface area contributed by atoms with Gasteiger partial charge in [-0.05, 0) is 66.7 Å². The van der Waals surface area contributed by atoms with E-state index < -0.39 is 29.0 Å². The van der Waals surface area contributed by atoms with Crippen molar-refractivity contribution >= 4 is 17.5 Å². The molecule has 0 spiro atoms. The Kier molecular flexibility index (Phi) is 5.98. The first kappa shape index (κ1) is 24.6. The molecule has 4 rings (SSSR count). The SMILES string of the molecule is CN1C(=O)C=C[C@]2(C)[C@H]3CCC(C(F)(F)F)=C(C(=O)Nc4cccc(C(C)(C)C)c4)[C@@H]3CC[C@@H]12. The summed E-state index contributed by atoms with van der Waals surface area (Å²) in [6.07, 6.45) is 0.0000150. The van der Waals surface area contributed by atoms with Crippen molar-refractivity contribution in [3.63, 3.8) is 0 Å². The van der Waals surface area contributed by atoms with Crippen LogP contribution in [0.5, 0.6) is 0 Å². The Bertz CT molecular complexity index is 1070. The Labute approximate surface area is 199 Å². The number of nitrogens with one attached hydrogen (secondary N) is 1. The smallest absolute Gasteiger partial charge is 0.338 e. The zero-order chi connectivity index (χ0) is 25.1. The van der Waals surface area contributed by atoms with E-state index in [0.29, 0.717) is 24.9 Å². The zero-order valence-corrected chi connectivity index (χ0v) is 20.4. The summed E-state index contributed by atoms with van der Waals surface area (Å²) >= 11 is 0. The second kappa shape index (κ2) is 8.28. The van der Waals surface area contributed by atoms with Gasteiger partial charge in [0.1, 0.15) is 0 Å². The lowest BCUT2D eigenvalue weighted by atomic mass is 9.53. The van der Waals surface area contributed by atoms with Gasteiger partial charge in [0.25, 0.3) is 5.91 Å². The fourth-order valence-corrected chi connectivity index (χ4v) is 6.28. The second-order valence-corrected chi connectivity index (χ2v) is 11.2. The lowest BCUT2D eigenvalue weighted by Gasteiger charge is -2.56. The van der Waals surface area contributed by atoms with Gasteiger partial charge < -0.3 is 10.2 Å². The number of allylic oxidation sites excluding steroid dienone is 1. The number of nitrogens with zero attached hydrogens (tertiary/aromatic N) is 1. The van der Waals surface area contributed by atoms with Crippen molar-refractivity contribution in [2.75, 3.05) is 12.4 Å². The molecular weight excluding hydrogens is 441 g/mol. The molecule has 4 nitrogen and oxygen atoms in total. The van der Waals surface area contributed by atoms with E-state index in [2.05, 4.69) is 5.32 Å². The van der Waals surface area contributed by atoms with Gasteiger partial charge in [-0.3, -0.25) is 9.59 Å². The highest BCUT2D eigenvalue weighted by Crippen LogP contribution is 2.57. The van der Waals surface area contributed by atoms with Crippen LogP contribution < -0.4 is 5.32 Å². The Hall–Kier alpha value is -2.57. The molecule has 34 heavy (non-hydrogen) atoms. The molecule has 0 unspecified atom stereocenters. The van der Waals surface area contributed by atoms with Gasteiger partial charge in [-0.15, -0.1) is 0 Å². The molecule has 1 aliphatic heterocycles. The van der Waals surface area contributed by atoms with Crippen LogP contribution in [-0.2, 0) is 15.0 Å². The quantitative estimate of drug-likeness (QED) is 0.571. The van der Waals surface area contributed by atoms with E-state index in [1.165, 1.54) is 6.08 Å². The Morgan fingerprint density at radius 3 is 2.50 bits per heavy atom. The fourth-order valence-electron chi connectivity index (χ4n) is 6.28. The van der Waals surface area contributed by atoms with Gasteiger partial charge in [-0.25, -0.2) is 0 Å². The van der Waals surface area contributed by atoms with Gasteiger partial charge in [0.15, 0.2) is 0 Å². The molecule has 1 aromatic carbocycles. The molecule has 0 aromatic heterocycles. The third-order valence-corrected chi connectivity index (χ3v) is 8.13. The van der Waals surface area contributed by atoms with Crippen molar-refractivity contribution < 1.29 is 22.8 Å². The standard InChI is InChI=1S/C27H33F3N2O2/c1-25(2,3)16-7-6-8-17(15-16)31-24(34)23-18-9-12-21-26(4,14-13-22(33)32(21)5)19(18)10-11-20(23)27(28,29)30/h6-8,13-15,18-19,21H,9-12H2,1-5H3,(H,31,34)/t18-,19+,21-,26-/m1/s1. The molecule has 0 radical (unpaired) electrons. The summed E-state index contributed by atoms with van der Waals surface area (Å²) in [6.45, 7) is 8.16. The number of benzene rings is 1. The summed E-state index contributed by atoms with van der Waals surface area (Å²) in [5.41, 5.74) is 0.0281. The van der Waals surface area contributed by atoms with Crippen LogP contribution in [0.3, 0.4) is 0 Å². The minimum atomic E-state index is -4.56. The molecule has 1 fully saturated rings. The summed E-state index contributed by atoms with van der Waals surface area (Å²) in [4.78, 5) is 27.4. The highest BCUT2D eigenvalue weighted by Gasteiger charge is 2.55. The molecule has 3 aliphatic rings. The second-order valence-electron chi connectivity index (χ2n) is 11.2. The van der Waals surface area contributed by atoms with E-state index in [0.717, 1.165) is 5.56 Å².